The van der Waals surface area contributed by atoms with Gasteiger partial charge in [0, 0.05) is 18.7 Å². The minimum Gasteiger partial charge on any atom is -0.406 e. The second-order valence-corrected chi connectivity index (χ2v) is 9.74. The lowest BCUT2D eigenvalue weighted by Gasteiger charge is -2.37. The number of carbonyl (C=O) groups is 2. The number of alkyl halides is 3. The summed E-state index contributed by atoms with van der Waals surface area (Å²) in [6.07, 6.45) is -3.89. The second-order valence-electron chi connectivity index (χ2n) is 9.74. The number of hydrogen-bond acceptors (Lipinski definition) is 5. The summed E-state index contributed by atoms with van der Waals surface area (Å²) in [6.45, 7) is 1.97. The Hall–Kier alpha value is -4.38. The molecule has 0 fully saturated rings. The highest BCUT2D eigenvalue weighted by molar-refractivity contribution is 5.95. The molecule has 8 nitrogen and oxygen atoms in total. The third-order valence-corrected chi connectivity index (χ3v) is 6.94. The zero-order valence-electron chi connectivity index (χ0n) is 22.6. The summed E-state index contributed by atoms with van der Waals surface area (Å²) in [5.41, 5.74) is 12.8. The topological polar surface area (TPSA) is 143 Å². The number of nitrogen functional groups attached to an aromatic ring is 1. The molecule has 2 atom stereocenters. The van der Waals surface area contributed by atoms with Crippen LogP contribution in [0.4, 0.5) is 13.2 Å². The van der Waals surface area contributed by atoms with E-state index in [1.165, 1.54) is 18.2 Å². The first-order valence-corrected chi connectivity index (χ1v) is 13.0. The average Bonchev–Trinajstić information content (AvgIpc) is 2.93. The minimum atomic E-state index is -4.81. The number of amidine groups is 1. The van der Waals surface area contributed by atoms with E-state index in [2.05, 4.69) is 15.4 Å². The van der Waals surface area contributed by atoms with E-state index in [1.54, 1.807) is 37.3 Å². The van der Waals surface area contributed by atoms with Gasteiger partial charge >= 0.3 is 6.36 Å². The molecule has 3 rings (SSSR count). The van der Waals surface area contributed by atoms with Crippen LogP contribution in [0.15, 0.2) is 78.9 Å². The van der Waals surface area contributed by atoms with E-state index in [0.29, 0.717) is 17.5 Å². The fraction of sp³-hybridized carbons (Fsp3) is 0.300. The van der Waals surface area contributed by atoms with Gasteiger partial charge in [0.15, 0.2) is 0 Å². The molecule has 3 aromatic rings. The van der Waals surface area contributed by atoms with Crippen molar-refractivity contribution in [3.05, 3.63) is 101 Å². The quantitative estimate of drug-likeness (QED) is 0.148. The van der Waals surface area contributed by atoms with Gasteiger partial charge in [-0.3, -0.25) is 15.0 Å². The number of ether oxygens (including phenoxy) is 1. The first-order valence-electron chi connectivity index (χ1n) is 13.0. The molecule has 0 aliphatic rings. The van der Waals surface area contributed by atoms with E-state index in [-0.39, 0.29) is 37.5 Å². The number of rotatable bonds is 14. The highest BCUT2D eigenvalue weighted by Gasteiger charge is 2.44. The molecule has 0 bridgehead atoms. The van der Waals surface area contributed by atoms with Gasteiger partial charge in [-0.05, 0) is 48.1 Å². The van der Waals surface area contributed by atoms with Crippen LogP contribution >= 0.6 is 0 Å². The lowest BCUT2D eigenvalue weighted by molar-refractivity contribution is -0.274. The van der Waals surface area contributed by atoms with E-state index >= 15 is 0 Å². The van der Waals surface area contributed by atoms with Crippen LogP contribution < -0.4 is 26.8 Å². The Kier molecular flexibility index (Phi) is 10.5. The Labute approximate surface area is 236 Å². The Balaban J connectivity index is 1.76. The van der Waals surface area contributed by atoms with Crippen LogP contribution in [0.3, 0.4) is 0 Å². The third kappa shape index (κ3) is 9.07. The van der Waals surface area contributed by atoms with Crippen molar-refractivity contribution in [2.75, 3.05) is 6.54 Å². The molecule has 0 saturated carbocycles. The fourth-order valence-electron chi connectivity index (χ4n) is 4.56. The number of benzene rings is 3. The summed E-state index contributed by atoms with van der Waals surface area (Å²) in [6, 6.07) is 21.9. The molecule has 41 heavy (non-hydrogen) atoms. The maximum atomic E-state index is 13.3. The van der Waals surface area contributed by atoms with E-state index in [0.717, 1.165) is 11.1 Å². The zero-order chi connectivity index (χ0) is 30.0. The minimum absolute atomic E-state index is 0.0652. The number of carbonyl (C=O) groups excluding carboxylic acids is 2. The van der Waals surface area contributed by atoms with Crippen LogP contribution in [0.2, 0.25) is 0 Å². The molecule has 0 spiro atoms. The summed E-state index contributed by atoms with van der Waals surface area (Å²) in [7, 11) is 0. The third-order valence-electron chi connectivity index (χ3n) is 6.94. The van der Waals surface area contributed by atoms with Crippen LogP contribution in [0.5, 0.6) is 5.75 Å². The molecule has 11 heteroatoms. The molecule has 0 aromatic heterocycles. The van der Waals surface area contributed by atoms with Crippen molar-refractivity contribution in [3.63, 3.8) is 0 Å². The van der Waals surface area contributed by atoms with E-state index in [1.807, 2.05) is 30.3 Å². The van der Waals surface area contributed by atoms with Gasteiger partial charge in [-0.2, -0.15) is 0 Å². The predicted octanol–water partition coefficient (Wildman–Crippen LogP) is 3.81. The maximum absolute atomic E-state index is 13.3. The van der Waals surface area contributed by atoms with E-state index in [9.17, 15) is 22.8 Å². The highest BCUT2D eigenvalue weighted by atomic mass is 19.4. The Morgan fingerprint density at radius 1 is 0.902 bits per heavy atom. The summed E-state index contributed by atoms with van der Waals surface area (Å²) in [5, 5.41) is 13.5. The van der Waals surface area contributed by atoms with Crippen LogP contribution in [-0.2, 0) is 29.0 Å². The largest absolute Gasteiger partial charge is 0.573 e. The standard InChI is InChI=1S/C30H34F3N5O3/c1-20(27(39)37-19-23-10-12-24(13-11-23)26(34)35)29(28(36)40,16-14-21-6-3-2-4-7-21)38-17-15-22-8-5-9-25(18-22)41-30(31,32)33/h2-13,18,20,38H,14-17,19H2,1H3,(H3,34,35)(H2,36,40)(H,37,39)/t20-,29?/m1/s1. The van der Waals surface area contributed by atoms with Crippen LogP contribution in [0.1, 0.15) is 35.6 Å². The highest BCUT2D eigenvalue weighted by Crippen LogP contribution is 2.26. The summed E-state index contributed by atoms with van der Waals surface area (Å²) < 4.78 is 41.9. The van der Waals surface area contributed by atoms with E-state index in [4.69, 9.17) is 16.9 Å². The Morgan fingerprint density at radius 3 is 2.17 bits per heavy atom. The molecule has 0 saturated heterocycles. The van der Waals surface area contributed by atoms with Gasteiger partial charge < -0.3 is 26.8 Å². The van der Waals surface area contributed by atoms with Gasteiger partial charge in [-0.1, -0.05) is 73.7 Å². The first-order chi connectivity index (χ1) is 19.4. The lowest BCUT2D eigenvalue weighted by Crippen LogP contribution is -2.63. The summed E-state index contributed by atoms with van der Waals surface area (Å²) in [5.74, 6) is -2.41. The number of aryl methyl sites for hydroxylation is 1. The Morgan fingerprint density at radius 2 is 1.56 bits per heavy atom. The van der Waals surface area contributed by atoms with Crippen molar-refractivity contribution in [3.8, 4) is 5.75 Å². The van der Waals surface area contributed by atoms with Gasteiger partial charge in [0.1, 0.15) is 17.1 Å². The van der Waals surface area contributed by atoms with Crippen LogP contribution in [0, 0.1) is 11.3 Å². The molecule has 0 radical (unpaired) electrons. The molecular weight excluding hydrogens is 535 g/mol. The lowest BCUT2D eigenvalue weighted by atomic mass is 9.78. The Bertz CT molecular complexity index is 1330. The van der Waals surface area contributed by atoms with Gasteiger partial charge in [0.25, 0.3) is 0 Å². The zero-order valence-corrected chi connectivity index (χ0v) is 22.6. The molecule has 0 heterocycles. The molecule has 1 unspecified atom stereocenters. The number of nitrogens with two attached hydrogens (primary N) is 2. The molecule has 0 aliphatic carbocycles. The number of primary amides is 1. The number of amides is 2. The summed E-state index contributed by atoms with van der Waals surface area (Å²) in [4.78, 5) is 26.3. The van der Waals surface area contributed by atoms with Crippen molar-refractivity contribution in [2.24, 2.45) is 17.4 Å². The smallest absolute Gasteiger partial charge is 0.406 e. The van der Waals surface area contributed by atoms with Crippen LogP contribution in [0.25, 0.3) is 0 Å². The van der Waals surface area contributed by atoms with Crippen LogP contribution in [-0.4, -0.2) is 36.1 Å². The van der Waals surface area contributed by atoms with E-state index < -0.39 is 29.6 Å². The number of nitrogens with one attached hydrogen (secondary N) is 3. The van der Waals surface area contributed by atoms with Crippen molar-refractivity contribution in [1.29, 1.82) is 5.41 Å². The van der Waals surface area contributed by atoms with Crippen molar-refractivity contribution in [2.45, 2.75) is 44.6 Å². The van der Waals surface area contributed by atoms with Gasteiger partial charge in [0.2, 0.25) is 11.8 Å². The number of hydrogen-bond donors (Lipinski definition) is 5. The molecular formula is C30H34F3N5O3. The predicted molar refractivity (Wildman–Crippen MR) is 150 cm³/mol. The van der Waals surface area contributed by atoms with Crippen molar-refractivity contribution < 1.29 is 27.5 Å². The monoisotopic (exact) mass is 569 g/mol. The number of halogens is 3. The molecule has 2 amide bonds. The van der Waals surface area contributed by atoms with Gasteiger partial charge in [-0.15, -0.1) is 13.2 Å². The van der Waals surface area contributed by atoms with Gasteiger partial charge in [-0.25, -0.2) is 0 Å². The van der Waals surface area contributed by atoms with Crippen molar-refractivity contribution in [1.82, 2.24) is 10.6 Å². The second kappa shape index (κ2) is 13.8. The first kappa shape index (κ1) is 31.2. The maximum Gasteiger partial charge on any atom is 0.573 e. The fourth-order valence-corrected chi connectivity index (χ4v) is 4.56. The normalized spacial score (nSPS) is 13.6. The van der Waals surface area contributed by atoms with Gasteiger partial charge in [0.05, 0.1) is 5.92 Å². The van der Waals surface area contributed by atoms with Crippen molar-refractivity contribution >= 4 is 17.6 Å². The molecule has 0 aliphatic heterocycles. The molecule has 218 valence electrons. The summed E-state index contributed by atoms with van der Waals surface area (Å²) >= 11 is 0. The SMILES string of the molecule is C[C@H](C(=O)NCc1ccc(C(=N)N)cc1)C(CCc1ccccc1)(NCCc1cccc(OC(F)(F)F)c1)C(N)=O. The molecule has 7 N–H and O–H groups in total. The average molecular weight is 570 g/mol. The molecule has 3 aromatic carbocycles.